The zero-order chi connectivity index (χ0) is 12.5. The van der Waals surface area contributed by atoms with Gasteiger partial charge >= 0.3 is 0 Å². The van der Waals surface area contributed by atoms with Gasteiger partial charge in [-0.2, -0.15) is 0 Å². The Morgan fingerprint density at radius 2 is 2.41 bits per heavy atom. The number of aliphatic imine (C=N–C) groups is 1. The van der Waals surface area contributed by atoms with Crippen LogP contribution in [0.4, 0.5) is 0 Å². The zero-order valence-corrected chi connectivity index (χ0v) is 10.6. The molecule has 17 heavy (non-hydrogen) atoms. The molecule has 2 N–H and O–H groups in total. The lowest BCUT2D eigenvalue weighted by atomic mass is 9.96. The lowest BCUT2D eigenvalue weighted by Crippen LogP contribution is -2.46. The van der Waals surface area contributed by atoms with Crippen molar-refractivity contribution in [1.82, 2.24) is 4.90 Å². The van der Waals surface area contributed by atoms with Crippen LogP contribution in [0, 0.1) is 0 Å². The molecule has 96 valence electrons. The van der Waals surface area contributed by atoms with Crippen LogP contribution in [0.3, 0.4) is 0 Å². The van der Waals surface area contributed by atoms with E-state index in [9.17, 15) is 4.79 Å². The van der Waals surface area contributed by atoms with Crippen LogP contribution in [0.25, 0.3) is 0 Å². The Bertz CT molecular complexity index is 337. The summed E-state index contributed by atoms with van der Waals surface area (Å²) in [6, 6.07) is 0. The minimum atomic E-state index is -0.655. The molecule has 0 saturated carbocycles. The van der Waals surface area contributed by atoms with Gasteiger partial charge in [-0.1, -0.05) is 13.3 Å². The molecule has 2 aliphatic heterocycles. The highest BCUT2D eigenvalue weighted by molar-refractivity contribution is 6.06. The molecule has 0 aliphatic carbocycles. The van der Waals surface area contributed by atoms with E-state index in [-0.39, 0.29) is 12.0 Å². The normalized spacial score (nSPS) is 33.3. The van der Waals surface area contributed by atoms with Gasteiger partial charge in [0.15, 0.2) is 5.96 Å². The summed E-state index contributed by atoms with van der Waals surface area (Å²) < 4.78 is 5.54. The van der Waals surface area contributed by atoms with Gasteiger partial charge in [0.2, 0.25) is 0 Å². The van der Waals surface area contributed by atoms with Crippen LogP contribution in [-0.2, 0) is 9.53 Å². The van der Waals surface area contributed by atoms with Crippen molar-refractivity contribution in [3.8, 4) is 0 Å². The van der Waals surface area contributed by atoms with Crippen molar-refractivity contribution in [3.63, 3.8) is 0 Å². The van der Waals surface area contributed by atoms with Gasteiger partial charge < -0.3 is 10.5 Å². The van der Waals surface area contributed by atoms with Crippen LogP contribution in [0.2, 0.25) is 0 Å². The maximum Gasteiger partial charge on any atom is 0.257 e. The SMILES string of the molecule is CCCC1(C)N=C(N)N(CC2CCCO2)C1=O. The van der Waals surface area contributed by atoms with E-state index < -0.39 is 5.54 Å². The van der Waals surface area contributed by atoms with E-state index in [2.05, 4.69) is 4.99 Å². The standard InChI is InChI=1S/C12H21N3O2/c1-3-6-12(2)10(16)15(11(13)14-12)8-9-5-4-7-17-9/h9H,3-8H2,1-2H3,(H2,13,14). The molecule has 5 heteroatoms. The van der Waals surface area contributed by atoms with Gasteiger partial charge in [0.05, 0.1) is 12.6 Å². The molecule has 2 aliphatic rings. The van der Waals surface area contributed by atoms with Crippen LogP contribution in [-0.4, -0.2) is 41.6 Å². The second kappa shape index (κ2) is 4.64. The third kappa shape index (κ3) is 2.29. The first-order valence-electron chi connectivity index (χ1n) is 6.35. The first kappa shape index (κ1) is 12.4. The Labute approximate surface area is 102 Å². The maximum atomic E-state index is 12.3. The smallest absolute Gasteiger partial charge is 0.257 e. The minimum Gasteiger partial charge on any atom is -0.376 e. The van der Waals surface area contributed by atoms with E-state index in [1.807, 2.05) is 13.8 Å². The molecule has 2 atom stereocenters. The molecule has 1 amide bonds. The Balaban J connectivity index is 2.04. The van der Waals surface area contributed by atoms with Gasteiger partial charge in [0.1, 0.15) is 5.54 Å². The van der Waals surface area contributed by atoms with Crippen LogP contribution in [0.1, 0.15) is 39.5 Å². The number of rotatable bonds is 4. The van der Waals surface area contributed by atoms with E-state index in [1.54, 1.807) is 4.90 Å². The summed E-state index contributed by atoms with van der Waals surface area (Å²) in [6.07, 6.45) is 3.86. The van der Waals surface area contributed by atoms with E-state index in [4.69, 9.17) is 10.5 Å². The van der Waals surface area contributed by atoms with E-state index >= 15 is 0 Å². The van der Waals surface area contributed by atoms with Gasteiger partial charge in [0, 0.05) is 6.61 Å². The summed E-state index contributed by atoms with van der Waals surface area (Å²) in [5.74, 6) is 0.369. The molecular weight excluding hydrogens is 218 g/mol. The van der Waals surface area contributed by atoms with Gasteiger partial charge in [0.25, 0.3) is 5.91 Å². The Kier molecular flexibility index (Phi) is 3.38. The van der Waals surface area contributed by atoms with Crippen molar-refractivity contribution in [2.24, 2.45) is 10.7 Å². The third-order valence-electron chi connectivity index (χ3n) is 3.49. The molecular formula is C12H21N3O2. The zero-order valence-electron chi connectivity index (χ0n) is 10.6. The number of guanidine groups is 1. The molecule has 0 aromatic rings. The predicted octanol–water partition coefficient (Wildman–Crippen LogP) is 0.881. The summed E-state index contributed by atoms with van der Waals surface area (Å²) in [6.45, 7) is 5.25. The summed E-state index contributed by atoms with van der Waals surface area (Å²) in [5.41, 5.74) is 5.20. The largest absolute Gasteiger partial charge is 0.376 e. The third-order valence-corrected chi connectivity index (χ3v) is 3.49. The molecule has 0 spiro atoms. The quantitative estimate of drug-likeness (QED) is 0.792. The number of nitrogens with two attached hydrogens (primary N) is 1. The fourth-order valence-electron chi connectivity index (χ4n) is 2.57. The fraction of sp³-hybridized carbons (Fsp3) is 0.833. The molecule has 2 unspecified atom stereocenters. The maximum absolute atomic E-state index is 12.3. The summed E-state index contributed by atoms with van der Waals surface area (Å²) in [5, 5.41) is 0. The summed E-state index contributed by atoms with van der Waals surface area (Å²) in [4.78, 5) is 18.2. The molecule has 5 nitrogen and oxygen atoms in total. The number of hydrogen-bond donors (Lipinski definition) is 1. The Morgan fingerprint density at radius 3 is 3.00 bits per heavy atom. The molecule has 2 rings (SSSR count). The Hall–Kier alpha value is -1.10. The number of nitrogens with zero attached hydrogens (tertiary/aromatic N) is 2. The van der Waals surface area contributed by atoms with Crippen molar-refractivity contribution in [3.05, 3.63) is 0 Å². The molecule has 0 radical (unpaired) electrons. The van der Waals surface area contributed by atoms with Crippen molar-refractivity contribution in [2.45, 2.75) is 51.2 Å². The van der Waals surface area contributed by atoms with Crippen molar-refractivity contribution < 1.29 is 9.53 Å². The number of amides is 1. The second-order valence-corrected chi connectivity index (χ2v) is 5.04. The highest BCUT2D eigenvalue weighted by atomic mass is 16.5. The van der Waals surface area contributed by atoms with Gasteiger partial charge in [-0.3, -0.25) is 9.69 Å². The summed E-state index contributed by atoms with van der Waals surface area (Å²) in [7, 11) is 0. The predicted molar refractivity (Wildman–Crippen MR) is 65.6 cm³/mol. The molecule has 0 bridgehead atoms. The summed E-state index contributed by atoms with van der Waals surface area (Å²) >= 11 is 0. The van der Waals surface area contributed by atoms with Crippen molar-refractivity contribution >= 4 is 11.9 Å². The molecule has 1 fully saturated rings. The van der Waals surface area contributed by atoms with Gasteiger partial charge in [-0.05, 0) is 26.2 Å². The molecule has 0 aromatic carbocycles. The lowest BCUT2D eigenvalue weighted by molar-refractivity contribution is -0.132. The lowest BCUT2D eigenvalue weighted by Gasteiger charge is -2.23. The highest BCUT2D eigenvalue weighted by Crippen LogP contribution is 2.27. The van der Waals surface area contributed by atoms with Crippen LogP contribution < -0.4 is 5.73 Å². The molecule has 2 heterocycles. The monoisotopic (exact) mass is 239 g/mol. The fourth-order valence-corrected chi connectivity index (χ4v) is 2.57. The number of ether oxygens (including phenoxy) is 1. The average molecular weight is 239 g/mol. The van der Waals surface area contributed by atoms with Gasteiger partial charge in [-0.15, -0.1) is 0 Å². The number of hydrogen-bond acceptors (Lipinski definition) is 4. The Morgan fingerprint density at radius 1 is 1.65 bits per heavy atom. The van der Waals surface area contributed by atoms with Crippen LogP contribution >= 0.6 is 0 Å². The number of carbonyl (C=O) groups is 1. The van der Waals surface area contributed by atoms with E-state index in [0.717, 1.165) is 32.3 Å². The first-order valence-corrected chi connectivity index (χ1v) is 6.35. The van der Waals surface area contributed by atoms with E-state index in [1.165, 1.54) is 0 Å². The van der Waals surface area contributed by atoms with Crippen molar-refractivity contribution in [1.29, 1.82) is 0 Å². The highest BCUT2D eigenvalue weighted by Gasteiger charge is 2.43. The van der Waals surface area contributed by atoms with Crippen LogP contribution in [0.5, 0.6) is 0 Å². The second-order valence-electron chi connectivity index (χ2n) is 5.04. The average Bonchev–Trinajstić information content (AvgIpc) is 2.83. The van der Waals surface area contributed by atoms with Gasteiger partial charge in [-0.25, -0.2) is 4.99 Å². The minimum absolute atomic E-state index is 0.0207. The first-order chi connectivity index (χ1) is 8.07. The molecule has 1 saturated heterocycles. The van der Waals surface area contributed by atoms with Crippen molar-refractivity contribution in [2.75, 3.05) is 13.2 Å². The van der Waals surface area contributed by atoms with Crippen LogP contribution in [0.15, 0.2) is 4.99 Å². The topological polar surface area (TPSA) is 67.9 Å². The van der Waals surface area contributed by atoms with E-state index in [0.29, 0.717) is 12.5 Å². The number of carbonyl (C=O) groups excluding carboxylic acids is 1. The molecule has 0 aromatic heterocycles.